The average molecular weight is 761 g/mol. The summed E-state index contributed by atoms with van der Waals surface area (Å²) in [6.45, 7) is 5.23. The fraction of sp³-hybridized carbons (Fsp3) is 0.553. The summed E-state index contributed by atoms with van der Waals surface area (Å²) in [5.41, 5.74) is -1.29. The van der Waals surface area contributed by atoms with Crippen LogP contribution in [-0.4, -0.2) is 92.4 Å². The molecule has 0 spiro atoms. The van der Waals surface area contributed by atoms with E-state index in [0.29, 0.717) is 44.3 Å². The lowest BCUT2D eigenvalue weighted by Gasteiger charge is -2.30. The standard InChI is InChI=1S/C38H48N8O7S/c1-37(2,3)53-36(50)39-30-14-8-6-4-5-7-13-27-22-38(27,35(49)43-54(51,52)29-17-18-29)40-33(47)31-21-28(23-45(31)34(30)48)46-42-32(41-44-46)20-24-15-16-25-11-9-10-12-26(25)19-24/h7,9-13,15-16,19,27-31H,4-6,8,14,17-18,20-23H2,1-3H3,(H,39,50)(H,40,47)(H,43,49)/b13-7+/t27?,28-,30+,31+,38-/m1/s1. The topological polar surface area (TPSA) is 195 Å². The number of nitrogens with zero attached hydrogens (tertiary/aromatic N) is 5. The highest BCUT2D eigenvalue weighted by Gasteiger charge is 2.62. The van der Waals surface area contributed by atoms with Gasteiger partial charge in [0.2, 0.25) is 21.8 Å². The van der Waals surface area contributed by atoms with Crippen LogP contribution in [0.5, 0.6) is 0 Å². The zero-order valence-corrected chi connectivity index (χ0v) is 31.7. The third-order valence-electron chi connectivity index (χ3n) is 10.5. The lowest BCUT2D eigenvalue weighted by molar-refractivity contribution is -0.141. The maximum atomic E-state index is 14.5. The molecule has 2 saturated carbocycles. The van der Waals surface area contributed by atoms with Crippen LogP contribution in [0.25, 0.3) is 10.8 Å². The number of amides is 4. The highest BCUT2D eigenvalue weighted by molar-refractivity contribution is 7.91. The van der Waals surface area contributed by atoms with Crippen molar-refractivity contribution in [2.45, 2.75) is 119 Å². The molecule has 1 unspecified atom stereocenters. The van der Waals surface area contributed by atoms with Gasteiger partial charge in [-0.1, -0.05) is 67.5 Å². The van der Waals surface area contributed by atoms with Crippen molar-refractivity contribution in [1.82, 2.24) is 40.5 Å². The van der Waals surface area contributed by atoms with Crippen LogP contribution in [0.3, 0.4) is 0 Å². The first kappa shape index (κ1) is 37.5. The second kappa shape index (κ2) is 14.8. The van der Waals surface area contributed by atoms with Crippen LogP contribution in [0, 0.1) is 5.92 Å². The van der Waals surface area contributed by atoms with Crippen molar-refractivity contribution >= 4 is 44.6 Å². The number of ether oxygens (including phenoxy) is 1. The molecule has 1 saturated heterocycles. The summed E-state index contributed by atoms with van der Waals surface area (Å²) < 4.78 is 33.4. The third-order valence-corrected chi connectivity index (χ3v) is 12.3. The molecule has 54 heavy (non-hydrogen) atoms. The molecule has 288 valence electrons. The number of allylic oxidation sites excluding steroid dienone is 1. The molecule has 0 bridgehead atoms. The van der Waals surface area contributed by atoms with Gasteiger partial charge in [0, 0.05) is 25.3 Å². The van der Waals surface area contributed by atoms with Gasteiger partial charge >= 0.3 is 6.09 Å². The lowest BCUT2D eigenvalue weighted by atomic mass is 10.0. The Morgan fingerprint density at radius 2 is 1.81 bits per heavy atom. The molecule has 2 aliphatic heterocycles. The molecule has 3 fully saturated rings. The number of alkyl carbamates (subject to hydrolysis) is 1. The second-order valence-electron chi connectivity index (χ2n) is 16.0. The van der Waals surface area contributed by atoms with Crippen LogP contribution in [0.4, 0.5) is 4.79 Å². The van der Waals surface area contributed by atoms with Gasteiger partial charge in [0.15, 0.2) is 5.82 Å². The fourth-order valence-electron chi connectivity index (χ4n) is 7.41. The largest absolute Gasteiger partial charge is 0.444 e. The first-order valence-corrected chi connectivity index (χ1v) is 20.4. The van der Waals surface area contributed by atoms with E-state index in [0.717, 1.165) is 29.2 Å². The van der Waals surface area contributed by atoms with Crippen LogP contribution in [-0.2, 0) is 35.6 Å². The molecule has 2 aromatic carbocycles. The number of sulfonamides is 1. The number of hydrogen-bond acceptors (Lipinski definition) is 10. The summed E-state index contributed by atoms with van der Waals surface area (Å²) in [5, 5.41) is 20.5. The molecule has 7 rings (SSSR count). The Kier molecular flexibility index (Phi) is 10.2. The SMILES string of the molecule is CC(C)(C)OC(=O)N[C@H]1CCCCC/C=C/C2C[C@@]2(C(=O)NS(=O)(=O)C2CC2)NC(=O)[C@@H]2C[C@@H](n3nnc(Cc4ccc5ccccc5c4)n3)CN2C1=O. The van der Waals surface area contributed by atoms with E-state index < -0.39 is 74.3 Å². The van der Waals surface area contributed by atoms with Gasteiger partial charge in [-0.05, 0) is 80.8 Å². The molecular formula is C38H48N8O7S. The van der Waals surface area contributed by atoms with Crippen molar-refractivity contribution in [2.75, 3.05) is 6.54 Å². The number of carbonyl (C=O) groups excluding carboxylic acids is 4. The average Bonchev–Trinajstić information content (AvgIpc) is 3.99. The minimum atomic E-state index is -3.88. The van der Waals surface area contributed by atoms with Gasteiger partial charge in [-0.15, -0.1) is 10.2 Å². The Hall–Kier alpha value is -4.86. The molecule has 5 atom stereocenters. The molecule has 3 N–H and O–H groups in total. The number of aromatic nitrogens is 4. The first-order chi connectivity index (χ1) is 25.7. The summed E-state index contributed by atoms with van der Waals surface area (Å²) in [5.74, 6) is -1.82. The maximum absolute atomic E-state index is 14.5. The van der Waals surface area contributed by atoms with Crippen molar-refractivity contribution in [1.29, 1.82) is 0 Å². The van der Waals surface area contributed by atoms with E-state index in [2.05, 4.69) is 36.8 Å². The minimum absolute atomic E-state index is 0.0355. The first-order valence-electron chi connectivity index (χ1n) is 18.8. The zero-order chi connectivity index (χ0) is 38.3. The minimum Gasteiger partial charge on any atom is -0.444 e. The molecule has 0 radical (unpaired) electrons. The highest BCUT2D eigenvalue weighted by atomic mass is 32.2. The predicted molar refractivity (Wildman–Crippen MR) is 198 cm³/mol. The highest BCUT2D eigenvalue weighted by Crippen LogP contribution is 2.46. The molecule has 4 amide bonds. The number of hydrogen-bond donors (Lipinski definition) is 3. The van der Waals surface area contributed by atoms with Gasteiger partial charge in [0.05, 0.1) is 11.3 Å². The molecule has 15 nitrogen and oxygen atoms in total. The van der Waals surface area contributed by atoms with Crippen molar-refractivity contribution in [3.63, 3.8) is 0 Å². The number of benzene rings is 2. The molecule has 3 aromatic rings. The fourth-order valence-corrected chi connectivity index (χ4v) is 8.77. The number of carbonyl (C=O) groups is 4. The molecule has 2 aliphatic carbocycles. The Labute approximate surface area is 314 Å². The van der Waals surface area contributed by atoms with Gasteiger partial charge in [-0.2, -0.15) is 4.80 Å². The van der Waals surface area contributed by atoms with E-state index in [1.165, 1.54) is 9.70 Å². The number of nitrogens with one attached hydrogen (secondary N) is 3. The van der Waals surface area contributed by atoms with E-state index in [-0.39, 0.29) is 19.4 Å². The van der Waals surface area contributed by atoms with Crippen LogP contribution >= 0.6 is 0 Å². The number of rotatable bonds is 7. The quantitative estimate of drug-likeness (QED) is 0.300. The van der Waals surface area contributed by atoms with E-state index in [1.807, 2.05) is 48.6 Å². The van der Waals surface area contributed by atoms with E-state index in [1.54, 1.807) is 20.8 Å². The smallest absolute Gasteiger partial charge is 0.408 e. The van der Waals surface area contributed by atoms with Crippen molar-refractivity contribution in [3.05, 3.63) is 66.0 Å². The molecule has 4 aliphatic rings. The third kappa shape index (κ3) is 8.43. The van der Waals surface area contributed by atoms with Crippen molar-refractivity contribution < 1.29 is 32.3 Å². The normalized spacial score (nSPS) is 27.1. The van der Waals surface area contributed by atoms with E-state index in [9.17, 15) is 27.6 Å². The Balaban J connectivity index is 1.16. The monoisotopic (exact) mass is 760 g/mol. The van der Waals surface area contributed by atoms with E-state index >= 15 is 0 Å². The zero-order valence-electron chi connectivity index (χ0n) is 30.9. The Morgan fingerprint density at radius 3 is 2.57 bits per heavy atom. The number of fused-ring (bicyclic) bond motifs is 3. The Bertz CT molecular complexity index is 2070. The van der Waals surface area contributed by atoms with Crippen molar-refractivity contribution in [2.24, 2.45) is 5.92 Å². The maximum Gasteiger partial charge on any atom is 0.408 e. The van der Waals surface area contributed by atoms with Gasteiger partial charge in [-0.3, -0.25) is 19.1 Å². The van der Waals surface area contributed by atoms with Crippen molar-refractivity contribution in [3.8, 4) is 0 Å². The molecule has 3 heterocycles. The second-order valence-corrected chi connectivity index (χ2v) is 18.0. The van der Waals surface area contributed by atoms with Gasteiger partial charge < -0.3 is 20.3 Å². The molecule has 1 aromatic heterocycles. The predicted octanol–water partition coefficient (Wildman–Crippen LogP) is 3.46. The van der Waals surface area contributed by atoms with E-state index in [4.69, 9.17) is 4.74 Å². The Morgan fingerprint density at radius 1 is 1.04 bits per heavy atom. The van der Waals surface area contributed by atoms with Gasteiger partial charge in [0.25, 0.3) is 5.91 Å². The lowest BCUT2D eigenvalue weighted by Crippen LogP contribution is -2.58. The van der Waals surface area contributed by atoms with Crippen LogP contribution in [0.1, 0.15) is 96.0 Å². The summed E-state index contributed by atoms with van der Waals surface area (Å²) in [7, 11) is -3.88. The summed E-state index contributed by atoms with van der Waals surface area (Å²) in [4.78, 5) is 58.3. The molecular weight excluding hydrogens is 713 g/mol. The number of tetrazole rings is 1. The summed E-state index contributed by atoms with van der Waals surface area (Å²) in [6.07, 6.45) is 7.98. The summed E-state index contributed by atoms with van der Waals surface area (Å²) >= 11 is 0. The van der Waals surface area contributed by atoms with Crippen LogP contribution in [0.15, 0.2) is 54.6 Å². The van der Waals surface area contributed by atoms with Gasteiger partial charge in [-0.25, -0.2) is 13.2 Å². The summed E-state index contributed by atoms with van der Waals surface area (Å²) in [6, 6.07) is 11.5. The molecule has 16 heteroatoms. The van der Waals surface area contributed by atoms with Crippen LogP contribution < -0.4 is 15.4 Å². The van der Waals surface area contributed by atoms with Gasteiger partial charge in [0.1, 0.15) is 23.2 Å². The van der Waals surface area contributed by atoms with Crippen LogP contribution in [0.2, 0.25) is 0 Å².